The maximum Gasteiger partial charge on any atom is 0.181 e. The highest BCUT2D eigenvalue weighted by Crippen LogP contribution is 2.42. The molecule has 0 bridgehead atoms. The Morgan fingerprint density at radius 2 is 1.67 bits per heavy atom. The fourth-order valence-corrected chi connectivity index (χ4v) is 5.28. The lowest BCUT2D eigenvalue weighted by atomic mass is 9.87. The van der Waals surface area contributed by atoms with Crippen molar-refractivity contribution >= 4 is 0 Å². The zero-order valence-corrected chi connectivity index (χ0v) is 23.2. The number of aryl methyl sites for hydroxylation is 4. The first-order chi connectivity index (χ1) is 17.4. The predicted octanol–water partition coefficient (Wildman–Crippen LogP) is 5.37. The van der Waals surface area contributed by atoms with Crippen molar-refractivity contribution in [1.82, 2.24) is 0 Å². The number of hydrogen-bond acceptors (Lipinski definition) is 3. The van der Waals surface area contributed by atoms with E-state index < -0.39 is 0 Å². The van der Waals surface area contributed by atoms with E-state index in [1.807, 2.05) is 6.92 Å². The Bertz CT molecular complexity index is 1170. The number of nitrogens with zero attached hydrogens (tertiary/aromatic N) is 2. The van der Waals surface area contributed by atoms with Crippen LogP contribution in [0.2, 0.25) is 0 Å². The van der Waals surface area contributed by atoms with E-state index in [9.17, 15) is 5.11 Å². The minimum Gasteiger partial charge on any atom is -0.496 e. The number of hydrogen-bond donors (Lipinski definition) is 1. The zero-order valence-electron chi connectivity index (χ0n) is 23.2. The summed E-state index contributed by atoms with van der Waals surface area (Å²) in [5, 5.41) is 9.47. The lowest BCUT2D eigenvalue weighted by molar-refractivity contribution is -0.688. The van der Waals surface area contributed by atoms with Gasteiger partial charge in [0.05, 0.1) is 13.7 Å². The fraction of sp³-hybridized carbons (Fsp3) is 0.484. The van der Waals surface area contributed by atoms with Gasteiger partial charge < -0.3 is 14.6 Å². The van der Waals surface area contributed by atoms with Crippen LogP contribution >= 0.6 is 0 Å². The number of benzene rings is 1. The third-order valence-corrected chi connectivity index (χ3v) is 7.10. The lowest BCUT2D eigenvalue weighted by Crippen LogP contribution is -2.34. The molecule has 0 aliphatic rings. The number of aliphatic hydroxyl groups excluding tert-OH is 1. The van der Waals surface area contributed by atoms with E-state index in [1.165, 1.54) is 33.4 Å². The summed E-state index contributed by atoms with van der Waals surface area (Å²) in [4.78, 5) is 0. The Morgan fingerprint density at radius 1 is 0.972 bits per heavy atom. The number of pyridine rings is 2. The second kappa shape index (κ2) is 12.9. The molecule has 0 aliphatic carbocycles. The lowest BCUT2D eigenvalue weighted by Gasteiger charge is -2.24. The van der Waals surface area contributed by atoms with E-state index in [0.29, 0.717) is 19.1 Å². The van der Waals surface area contributed by atoms with E-state index in [0.717, 1.165) is 42.7 Å². The van der Waals surface area contributed by atoms with Gasteiger partial charge in [-0.2, -0.15) is 0 Å². The Hall–Kier alpha value is -2.92. The summed E-state index contributed by atoms with van der Waals surface area (Å²) in [7, 11) is 3.81. The summed E-state index contributed by atoms with van der Waals surface area (Å²) in [5.41, 5.74) is 8.53. The molecule has 36 heavy (non-hydrogen) atoms. The highest BCUT2D eigenvalue weighted by molar-refractivity contribution is 5.68. The van der Waals surface area contributed by atoms with Crippen molar-refractivity contribution in [1.29, 1.82) is 0 Å². The van der Waals surface area contributed by atoms with Gasteiger partial charge in [0.15, 0.2) is 31.3 Å². The summed E-state index contributed by atoms with van der Waals surface area (Å²) in [6.07, 6.45) is 12.3. The quantitative estimate of drug-likeness (QED) is 0.346. The van der Waals surface area contributed by atoms with E-state index in [4.69, 9.17) is 9.47 Å². The molecule has 1 atom stereocenters. The monoisotopic (exact) mass is 492 g/mol. The molecule has 0 aliphatic heterocycles. The van der Waals surface area contributed by atoms with Crippen LogP contribution < -0.4 is 18.6 Å². The number of methoxy groups -OCH3 is 1. The van der Waals surface area contributed by atoms with Crippen LogP contribution in [0, 0.1) is 13.8 Å². The van der Waals surface area contributed by atoms with Crippen LogP contribution in [-0.2, 0) is 20.0 Å². The molecule has 1 unspecified atom stereocenters. The largest absolute Gasteiger partial charge is 0.496 e. The van der Waals surface area contributed by atoms with Crippen molar-refractivity contribution in [2.24, 2.45) is 7.05 Å². The van der Waals surface area contributed by atoms with Crippen molar-refractivity contribution in [3.63, 3.8) is 0 Å². The molecule has 5 heteroatoms. The molecule has 0 fully saturated rings. The molecule has 2 heterocycles. The molecule has 3 rings (SSSR count). The second-order valence-electron chi connectivity index (χ2n) is 9.64. The molecule has 0 amide bonds. The second-order valence-corrected chi connectivity index (χ2v) is 9.64. The third-order valence-electron chi connectivity index (χ3n) is 7.10. The van der Waals surface area contributed by atoms with Gasteiger partial charge in [0.2, 0.25) is 0 Å². The van der Waals surface area contributed by atoms with Gasteiger partial charge in [0.1, 0.15) is 24.1 Å². The molecule has 1 N–H and O–H groups in total. The van der Waals surface area contributed by atoms with E-state index in [2.05, 4.69) is 86.9 Å². The predicted molar refractivity (Wildman–Crippen MR) is 145 cm³/mol. The SMILES string of the molecule is CCOc1c(C(CC)CCCO)cc(CC)c(OC)c1C[n+]1ccc(-c2cc[n+](C)cc2C)c(C)c1. The van der Waals surface area contributed by atoms with Gasteiger partial charge in [0, 0.05) is 29.9 Å². The van der Waals surface area contributed by atoms with Crippen LogP contribution in [0.25, 0.3) is 11.1 Å². The molecule has 3 aromatic rings. The Balaban J connectivity index is 2.11. The summed E-state index contributed by atoms with van der Waals surface area (Å²) >= 11 is 0. The molecule has 2 aromatic heterocycles. The van der Waals surface area contributed by atoms with Crippen molar-refractivity contribution < 1.29 is 23.7 Å². The van der Waals surface area contributed by atoms with Gasteiger partial charge in [0.25, 0.3) is 0 Å². The molecule has 0 radical (unpaired) electrons. The van der Waals surface area contributed by atoms with Crippen LogP contribution in [0.4, 0.5) is 0 Å². The maximum absolute atomic E-state index is 9.47. The van der Waals surface area contributed by atoms with Gasteiger partial charge in [-0.05, 0) is 80.7 Å². The topological polar surface area (TPSA) is 46.5 Å². The normalized spacial score (nSPS) is 12.0. The minimum absolute atomic E-state index is 0.213. The first-order valence-corrected chi connectivity index (χ1v) is 13.3. The molecule has 0 spiro atoms. The molecule has 0 saturated heterocycles. The maximum atomic E-state index is 9.47. The van der Waals surface area contributed by atoms with Crippen LogP contribution in [0.15, 0.2) is 43.0 Å². The van der Waals surface area contributed by atoms with Crippen molar-refractivity contribution in [3.05, 3.63) is 70.8 Å². The van der Waals surface area contributed by atoms with E-state index in [1.54, 1.807) is 7.11 Å². The zero-order chi connectivity index (χ0) is 26.2. The van der Waals surface area contributed by atoms with Crippen molar-refractivity contribution in [3.8, 4) is 22.6 Å². The van der Waals surface area contributed by atoms with Crippen LogP contribution in [0.1, 0.15) is 73.8 Å². The van der Waals surface area contributed by atoms with Gasteiger partial charge in [-0.25, -0.2) is 9.13 Å². The van der Waals surface area contributed by atoms with Crippen LogP contribution in [-0.4, -0.2) is 25.4 Å². The Morgan fingerprint density at radius 3 is 2.22 bits per heavy atom. The molecular formula is C31H44N2O3+2. The Labute approximate surface area is 217 Å². The molecule has 5 nitrogen and oxygen atoms in total. The standard InChI is InChI=1S/C31H44N2O3/c1-8-24(12-11-17-34)28-18-25(9-2)30(35-7)29(31(28)36-10-3)21-33-16-14-27(23(5)20-33)26-13-15-32(6)19-22(26)4/h13-16,18-20,24,34H,8-12,17,21H2,1-7H3/q+2. The average Bonchev–Trinajstić information content (AvgIpc) is 2.86. The number of rotatable bonds is 12. The number of ether oxygens (including phenoxy) is 2. The smallest absolute Gasteiger partial charge is 0.181 e. The minimum atomic E-state index is 0.213. The fourth-order valence-electron chi connectivity index (χ4n) is 5.28. The first kappa shape index (κ1) is 27.7. The summed E-state index contributed by atoms with van der Waals surface area (Å²) in [5.74, 6) is 2.20. The van der Waals surface area contributed by atoms with Gasteiger partial charge in [-0.15, -0.1) is 0 Å². The van der Waals surface area contributed by atoms with E-state index >= 15 is 0 Å². The molecular weight excluding hydrogens is 448 g/mol. The van der Waals surface area contributed by atoms with E-state index in [-0.39, 0.29) is 6.61 Å². The van der Waals surface area contributed by atoms with Gasteiger partial charge in [-0.3, -0.25) is 0 Å². The first-order valence-electron chi connectivity index (χ1n) is 13.3. The van der Waals surface area contributed by atoms with Crippen molar-refractivity contribution in [2.45, 2.75) is 72.8 Å². The molecule has 1 aromatic carbocycles. The van der Waals surface area contributed by atoms with Crippen LogP contribution in [0.3, 0.4) is 0 Å². The third kappa shape index (κ3) is 6.07. The summed E-state index contributed by atoms with van der Waals surface area (Å²) in [6, 6.07) is 6.67. The van der Waals surface area contributed by atoms with Gasteiger partial charge in [-0.1, -0.05) is 13.8 Å². The number of aliphatic hydroxyl groups is 1. The van der Waals surface area contributed by atoms with Crippen LogP contribution in [0.5, 0.6) is 11.5 Å². The average molecular weight is 493 g/mol. The number of aromatic nitrogens is 2. The van der Waals surface area contributed by atoms with Crippen molar-refractivity contribution in [2.75, 3.05) is 20.3 Å². The molecule has 194 valence electrons. The molecule has 0 saturated carbocycles. The van der Waals surface area contributed by atoms with Gasteiger partial charge >= 0.3 is 0 Å². The highest BCUT2D eigenvalue weighted by atomic mass is 16.5. The highest BCUT2D eigenvalue weighted by Gasteiger charge is 2.26. The Kier molecular flexibility index (Phi) is 9.89. The summed E-state index contributed by atoms with van der Waals surface area (Å²) in [6.45, 7) is 12.2. The summed E-state index contributed by atoms with van der Waals surface area (Å²) < 4.78 is 16.6.